The van der Waals surface area contributed by atoms with E-state index in [2.05, 4.69) is 0 Å². The van der Waals surface area contributed by atoms with Crippen molar-refractivity contribution in [2.75, 3.05) is 26.7 Å². The van der Waals surface area contributed by atoms with Gasteiger partial charge in [-0.05, 0) is 42.4 Å². The van der Waals surface area contributed by atoms with E-state index in [1.54, 1.807) is 11.9 Å². The molecule has 0 atom stereocenters. The molecule has 5 heteroatoms. The standard InChI is InChI=1S/C23H23NO4/c1-24(17-23(25)26)14-15-27-21-13-12-19(18-8-4-2-5-9-18)16-22(21)28-20-10-6-3-7-11-20/h2-13,16H,14-15,17H2,1H3,(H,25,26). The first kappa shape index (κ1) is 19.5. The van der Waals surface area contributed by atoms with Crippen molar-refractivity contribution >= 4 is 5.97 Å². The molecular weight excluding hydrogens is 354 g/mol. The van der Waals surface area contributed by atoms with E-state index < -0.39 is 5.97 Å². The number of para-hydroxylation sites is 1. The van der Waals surface area contributed by atoms with Gasteiger partial charge in [-0.1, -0.05) is 54.6 Å². The van der Waals surface area contributed by atoms with Crippen LogP contribution in [0.25, 0.3) is 11.1 Å². The fraction of sp³-hybridized carbons (Fsp3) is 0.174. The molecule has 0 aromatic heterocycles. The summed E-state index contributed by atoms with van der Waals surface area (Å²) < 4.78 is 12.0. The Kier molecular flexibility index (Phi) is 6.65. The van der Waals surface area contributed by atoms with Crippen LogP contribution in [0.15, 0.2) is 78.9 Å². The van der Waals surface area contributed by atoms with Gasteiger partial charge in [-0.25, -0.2) is 0 Å². The molecule has 3 rings (SSSR count). The maximum atomic E-state index is 10.8. The van der Waals surface area contributed by atoms with Crippen molar-refractivity contribution in [3.05, 3.63) is 78.9 Å². The maximum Gasteiger partial charge on any atom is 0.317 e. The molecular formula is C23H23NO4. The highest BCUT2D eigenvalue weighted by molar-refractivity contribution is 5.69. The van der Waals surface area contributed by atoms with Crippen LogP contribution >= 0.6 is 0 Å². The van der Waals surface area contributed by atoms with E-state index >= 15 is 0 Å². The topological polar surface area (TPSA) is 59.0 Å². The third-order valence-electron chi connectivity index (χ3n) is 4.16. The zero-order valence-corrected chi connectivity index (χ0v) is 15.7. The van der Waals surface area contributed by atoms with Gasteiger partial charge in [0.2, 0.25) is 0 Å². The highest BCUT2D eigenvalue weighted by Gasteiger charge is 2.11. The van der Waals surface area contributed by atoms with E-state index in [0.717, 1.165) is 16.9 Å². The molecule has 144 valence electrons. The Bertz CT molecular complexity index is 897. The third kappa shape index (κ3) is 5.59. The van der Waals surface area contributed by atoms with Gasteiger partial charge in [-0.15, -0.1) is 0 Å². The molecule has 0 aliphatic heterocycles. The normalized spacial score (nSPS) is 10.6. The van der Waals surface area contributed by atoms with E-state index in [0.29, 0.717) is 24.7 Å². The summed E-state index contributed by atoms with van der Waals surface area (Å²) in [7, 11) is 1.75. The van der Waals surface area contributed by atoms with E-state index in [1.807, 2.05) is 78.9 Å². The Hall–Kier alpha value is -3.31. The van der Waals surface area contributed by atoms with Crippen LogP contribution in [0.1, 0.15) is 0 Å². The van der Waals surface area contributed by atoms with Crippen LogP contribution in [0, 0.1) is 0 Å². The molecule has 0 aliphatic carbocycles. The first-order valence-corrected chi connectivity index (χ1v) is 9.07. The van der Waals surface area contributed by atoms with Crippen molar-refractivity contribution in [1.29, 1.82) is 0 Å². The van der Waals surface area contributed by atoms with Gasteiger partial charge < -0.3 is 14.6 Å². The van der Waals surface area contributed by atoms with Crippen LogP contribution in [0.2, 0.25) is 0 Å². The van der Waals surface area contributed by atoms with Gasteiger partial charge in [0.25, 0.3) is 0 Å². The average molecular weight is 377 g/mol. The minimum atomic E-state index is -0.859. The lowest BCUT2D eigenvalue weighted by molar-refractivity contribution is -0.138. The highest BCUT2D eigenvalue weighted by Crippen LogP contribution is 2.35. The van der Waals surface area contributed by atoms with Crippen LogP contribution in [0.5, 0.6) is 17.2 Å². The predicted molar refractivity (Wildman–Crippen MR) is 109 cm³/mol. The lowest BCUT2D eigenvalue weighted by Gasteiger charge is -2.17. The molecule has 0 radical (unpaired) electrons. The smallest absolute Gasteiger partial charge is 0.317 e. The number of rotatable bonds is 9. The van der Waals surface area contributed by atoms with E-state index in [-0.39, 0.29) is 6.54 Å². The van der Waals surface area contributed by atoms with Gasteiger partial charge in [0.1, 0.15) is 12.4 Å². The second-order valence-electron chi connectivity index (χ2n) is 6.42. The van der Waals surface area contributed by atoms with E-state index in [1.165, 1.54) is 0 Å². The number of carbonyl (C=O) groups is 1. The van der Waals surface area contributed by atoms with Gasteiger partial charge >= 0.3 is 5.97 Å². The molecule has 0 saturated carbocycles. The van der Waals surface area contributed by atoms with Crippen molar-refractivity contribution in [3.8, 4) is 28.4 Å². The van der Waals surface area contributed by atoms with Gasteiger partial charge in [0.05, 0.1) is 6.54 Å². The Morgan fingerprint density at radius 2 is 1.57 bits per heavy atom. The van der Waals surface area contributed by atoms with Gasteiger partial charge in [-0.2, -0.15) is 0 Å². The fourth-order valence-electron chi connectivity index (χ4n) is 2.75. The Balaban J connectivity index is 1.78. The highest BCUT2D eigenvalue weighted by atomic mass is 16.5. The second kappa shape index (κ2) is 9.58. The van der Waals surface area contributed by atoms with Gasteiger partial charge in [0.15, 0.2) is 11.5 Å². The summed E-state index contributed by atoms with van der Waals surface area (Å²) in [6.07, 6.45) is 0. The number of hydrogen-bond acceptors (Lipinski definition) is 4. The van der Waals surface area contributed by atoms with Crippen molar-refractivity contribution in [1.82, 2.24) is 4.90 Å². The first-order chi connectivity index (χ1) is 13.6. The predicted octanol–water partition coefficient (Wildman–Crippen LogP) is 4.54. The van der Waals surface area contributed by atoms with E-state index in [4.69, 9.17) is 14.6 Å². The minimum absolute atomic E-state index is 0.0241. The molecule has 0 spiro atoms. The average Bonchev–Trinajstić information content (AvgIpc) is 2.70. The number of carboxylic acids is 1. The Labute approximate surface area is 164 Å². The summed E-state index contributed by atoms with van der Waals surface area (Å²) in [5.74, 6) is 1.10. The molecule has 0 aliphatic rings. The summed E-state index contributed by atoms with van der Waals surface area (Å²) in [6.45, 7) is 0.834. The molecule has 0 unspecified atom stereocenters. The minimum Gasteiger partial charge on any atom is -0.488 e. The number of likely N-dealkylation sites (N-methyl/N-ethyl adjacent to an activating group) is 1. The number of aliphatic carboxylic acids is 1. The van der Waals surface area contributed by atoms with Crippen LogP contribution in [0.3, 0.4) is 0 Å². The molecule has 0 amide bonds. The Morgan fingerprint density at radius 1 is 0.893 bits per heavy atom. The summed E-state index contributed by atoms with van der Waals surface area (Å²) >= 11 is 0. The summed E-state index contributed by atoms with van der Waals surface area (Å²) in [5.41, 5.74) is 2.12. The molecule has 0 saturated heterocycles. The first-order valence-electron chi connectivity index (χ1n) is 9.07. The van der Waals surface area contributed by atoms with Gasteiger partial charge in [0, 0.05) is 6.54 Å². The molecule has 0 bridgehead atoms. The number of hydrogen-bond donors (Lipinski definition) is 1. The molecule has 3 aromatic carbocycles. The molecule has 0 heterocycles. The third-order valence-corrected chi connectivity index (χ3v) is 4.16. The Morgan fingerprint density at radius 3 is 2.25 bits per heavy atom. The van der Waals surface area contributed by atoms with Crippen molar-refractivity contribution in [2.45, 2.75) is 0 Å². The van der Waals surface area contributed by atoms with Crippen LogP contribution in [-0.4, -0.2) is 42.7 Å². The van der Waals surface area contributed by atoms with E-state index in [9.17, 15) is 4.79 Å². The monoisotopic (exact) mass is 377 g/mol. The molecule has 3 aromatic rings. The number of benzene rings is 3. The number of ether oxygens (including phenoxy) is 2. The second-order valence-corrected chi connectivity index (χ2v) is 6.42. The summed E-state index contributed by atoms with van der Waals surface area (Å²) in [4.78, 5) is 12.5. The fourth-order valence-corrected chi connectivity index (χ4v) is 2.75. The number of carboxylic acid groups (broad SMARTS) is 1. The van der Waals surface area contributed by atoms with Gasteiger partial charge in [-0.3, -0.25) is 9.69 Å². The quantitative estimate of drug-likeness (QED) is 0.593. The summed E-state index contributed by atoms with van der Waals surface area (Å²) in [6, 6.07) is 25.4. The number of nitrogens with zero attached hydrogens (tertiary/aromatic N) is 1. The van der Waals surface area contributed by atoms with Crippen molar-refractivity contribution in [2.24, 2.45) is 0 Å². The largest absolute Gasteiger partial charge is 0.488 e. The maximum absolute atomic E-state index is 10.8. The molecule has 28 heavy (non-hydrogen) atoms. The lowest BCUT2D eigenvalue weighted by Crippen LogP contribution is -2.29. The zero-order valence-electron chi connectivity index (χ0n) is 15.7. The lowest BCUT2D eigenvalue weighted by atomic mass is 10.1. The molecule has 5 nitrogen and oxygen atoms in total. The zero-order chi connectivity index (χ0) is 19.8. The van der Waals surface area contributed by atoms with Crippen LogP contribution < -0.4 is 9.47 Å². The van der Waals surface area contributed by atoms with Crippen molar-refractivity contribution < 1.29 is 19.4 Å². The molecule has 1 N–H and O–H groups in total. The SMILES string of the molecule is CN(CCOc1ccc(-c2ccccc2)cc1Oc1ccccc1)CC(=O)O. The summed E-state index contributed by atoms with van der Waals surface area (Å²) in [5, 5.41) is 8.84. The van der Waals surface area contributed by atoms with Crippen LogP contribution in [0.4, 0.5) is 0 Å². The van der Waals surface area contributed by atoms with Crippen molar-refractivity contribution in [3.63, 3.8) is 0 Å². The molecule has 0 fully saturated rings. The van der Waals surface area contributed by atoms with Crippen LogP contribution in [-0.2, 0) is 4.79 Å².